The molecular formula is C24H18Cl2N4O2. The van der Waals surface area contributed by atoms with E-state index in [2.05, 4.69) is 18.2 Å². The average Bonchev–Trinajstić information content (AvgIpc) is 2.95. The standard InChI is InChI=1S/C24H18Cl2N4O2/c1-14(16-6-4-3-5-7-16)20-22(11-27,12-28)23(13-29)15(2)24(31-20,32-21(23)30)18-9-8-17(25)10-19(18)26/h3-10,14-15,20,30H,1-2H3. The maximum atomic E-state index is 10.4. The molecule has 32 heavy (non-hydrogen) atoms. The molecule has 0 aromatic heterocycles. The summed E-state index contributed by atoms with van der Waals surface area (Å²) in [6.07, 6.45) is -1.09. The van der Waals surface area contributed by atoms with Crippen LogP contribution in [0.5, 0.6) is 0 Å². The zero-order valence-electron chi connectivity index (χ0n) is 17.3. The van der Waals surface area contributed by atoms with Crippen molar-refractivity contribution < 1.29 is 9.47 Å². The number of hydrogen-bond donors (Lipinski definition) is 1. The van der Waals surface area contributed by atoms with Crippen LogP contribution >= 0.6 is 23.2 Å². The predicted molar refractivity (Wildman–Crippen MR) is 118 cm³/mol. The second kappa shape index (κ2) is 7.51. The number of fused-ring (bicyclic) bond motifs is 2. The van der Waals surface area contributed by atoms with E-state index in [1.54, 1.807) is 19.1 Å². The highest BCUT2D eigenvalue weighted by Gasteiger charge is 2.80. The van der Waals surface area contributed by atoms with Crippen LogP contribution in [0.2, 0.25) is 10.0 Å². The summed E-state index contributed by atoms with van der Waals surface area (Å²) in [6.45, 7) is 3.47. The van der Waals surface area contributed by atoms with Gasteiger partial charge in [0.1, 0.15) is 6.10 Å². The predicted octanol–water partition coefficient (Wildman–Crippen LogP) is 5.54. The molecule has 0 amide bonds. The SMILES string of the molecule is CC(c1ccccc1)C1OC2(c3ccc(Cl)cc3Cl)OC(=N)C(C#N)(C2C)C1(C#N)C#N. The van der Waals surface area contributed by atoms with E-state index in [4.69, 9.17) is 38.1 Å². The number of nitrogens with zero attached hydrogens (tertiary/aromatic N) is 3. The highest BCUT2D eigenvalue weighted by molar-refractivity contribution is 6.35. The molecule has 1 N–H and O–H groups in total. The summed E-state index contributed by atoms with van der Waals surface area (Å²) in [5, 5.41) is 40.3. The Morgan fingerprint density at radius 2 is 1.69 bits per heavy atom. The van der Waals surface area contributed by atoms with Gasteiger partial charge in [0.05, 0.1) is 29.1 Å². The Hall–Kier alpha value is -3.08. The molecule has 5 atom stereocenters. The molecular weight excluding hydrogens is 447 g/mol. The number of ether oxygens (including phenoxy) is 2. The lowest BCUT2D eigenvalue weighted by atomic mass is 9.52. The van der Waals surface area contributed by atoms with E-state index in [-0.39, 0.29) is 5.02 Å². The number of nitrogens with one attached hydrogen (secondary N) is 1. The van der Waals surface area contributed by atoms with Crippen LogP contribution < -0.4 is 0 Å². The molecule has 8 heteroatoms. The van der Waals surface area contributed by atoms with Gasteiger partial charge in [0.2, 0.25) is 11.7 Å². The molecule has 0 saturated carbocycles. The number of halogens is 2. The van der Waals surface area contributed by atoms with Crippen LogP contribution in [0, 0.1) is 56.2 Å². The third-order valence-electron chi connectivity index (χ3n) is 6.80. The summed E-state index contributed by atoms with van der Waals surface area (Å²) in [6, 6.07) is 20.3. The summed E-state index contributed by atoms with van der Waals surface area (Å²) in [7, 11) is 0. The fourth-order valence-electron chi connectivity index (χ4n) is 5.05. The smallest absolute Gasteiger partial charge is 0.245 e. The minimum absolute atomic E-state index is 0.235. The van der Waals surface area contributed by atoms with Crippen molar-refractivity contribution in [1.82, 2.24) is 0 Å². The van der Waals surface area contributed by atoms with Crippen LogP contribution in [-0.4, -0.2) is 12.0 Å². The minimum atomic E-state index is -1.99. The molecule has 2 fully saturated rings. The van der Waals surface area contributed by atoms with Gasteiger partial charge in [-0.05, 0) is 23.8 Å². The Kier molecular flexibility index (Phi) is 5.19. The first-order valence-electron chi connectivity index (χ1n) is 9.94. The number of rotatable bonds is 3. The maximum absolute atomic E-state index is 10.4. The van der Waals surface area contributed by atoms with Gasteiger partial charge in [-0.1, -0.05) is 67.4 Å². The fourth-order valence-corrected chi connectivity index (χ4v) is 5.59. The van der Waals surface area contributed by atoms with Crippen molar-refractivity contribution in [3.8, 4) is 18.2 Å². The molecule has 2 aromatic rings. The van der Waals surface area contributed by atoms with Gasteiger partial charge in [-0.3, -0.25) is 5.41 Å². The van der Waals surface area contributed by atoms with Crippen molar-refractivity contribution in [2.75, 3.05) is 0 Å². The lowest BCUT2D eigenvalue weighted by Gasteiger charge is -2.50. The summed E-state index contributed by atoms with van der Waals surface area (Å²) in [5.74, 6) is -3.48. The van der Waals surface area contributed by atoms with Gasteiger partial charge in [0, 0.05) is 16.5 Å². The first-order chi connectivity index (χ1) is 15.2. The number of nitriles is 3. The summed E-state index contributed by atoms with van der Waals surface area (Å²) < 4.78 is 12.5. The van der Waals surface area contributed by atoms with Crippen molar-refractivity contribution in [1.29, 1.82) is 21.2 Å². The number of benzene rings is 2. The van der Waals surface area contributed by atoms with Crippen LogP contribution in [0.15, 0.2) is 48.5 Å². The molecule has 2 aliphatic heterocycles. The van der Waals surface area contributed by atoms with Crippen LogP contribution in [0.3, 0.4) is 0 Å². The molecule has 2 bridgehead atoms. The van der Waals surface area contributed by atoms with Gasteiger partial charge in [0.15, 0.2) is 10.8 Å². The minimum Gasteiger partial charge on any atom is -0.443 e. The molecule has 0 aliphatic carbocycles. The van der Waals surface area contributed by atoms with Gasteiger partial charge in [-0.25, -0.2) is 0 Å². The van der Waals surface area contributed by atoms with E-state index in [0.29, 0.717) is 10.6 Å². The van der Waals surface area contributed by atoms with Crippen LogP contribution in [0.4, 0.5) is 0 Å². The Bertz CT molecular complexity index is 1220. The molecule has 4 rings (SSSR count). The Labute approximate surface area is 196 Å². The first-order valence-corrected chi connectivity index (χ1v) is 10.7. The van der Waals surface area contributed by atoms with E-state index in [9.17, 15) is 15.8 Å². The third kappa shape index (κ3) is 2.57. The highest BCUT2D eigenvalue weighted by atomic mass is 35.5. The molecule has 2 aliphatic rings. The third-order valence-corrected chi connectivity index (χ3v) is 7.35. The Balaban J connectivity index is 2.02. The molecule has 2 heterocycles. The highest BCUT2D eigenvalue weighted by Crippen LogP contribution is 2.67. The van der Waals surface area contributed by atoms with E-state index < -0.39 is 40.5 Å². The lowest BCUT2D eigenvalue weighted by Crippen LogP contribution is -2.62. The molecule has 2 aromatic carbocycles. The van der Waals surface area contributed by atoms with Crippen LogP contribution in [0.25, 0.3) is 0 Å². The number of hydrogen-bond acceptors (Lipinski definition) is 6. The van der Waals surface area contributed by atoms with Gasteiger partial charge in [0.25, 0.3) is 0 Å². The molecule has 0 spiro atoms. The van der Waals surface area contributed by atoms with Gasteiger partial charge < -0.3 is 9.47 Å². The quantitative estimate of drug-likeness (QED) is 0.640. The van der Waals surface area contributed by atoms with Gasteiger partial charge in [-0.15, -0.1) is 0 Å². The Morgan fingerprint density at radius 3 is 2.25 bits per heavy atom. The lowest BCUT2D eigenvalue weighted by molar-refractivity contribution is -0.289. The van der Waals surface area contributed by atoms with Crippen LogP contribution in [0.1, 0.15) is 30.9 Å². The van der Waals surface area contributed by atoms with Gasteiger partial charge in [-0.2, -0.15) is 15.8 Å². The summed E-state index contributed by atoms with van der Waals surface area (Å²) in [5.41, 5.74) is -2.66. The van der Waals surface area contributed by atoms with Crippen molar-refractivity contribution >= 4 is 29.1 Å². The first kappa shape index (κ1) is 22.1. The average molecular weight is 465 g/mol. The molecule has 2 saturated heterocycles. The summed E-state index contributed by atoms with van der Waals surface area (Å²) in [4.78, 5) is 0. The normalized spacial score (nSPS) is 31.0. The van der Waals surface area contributed by atoms with Gasteiger partial charge >= 0.3 is 0 Å². The summed E-state index contributed by atoms with van der Waals surface area (Å²) >= 11 is 12.6. The zero-order chi connectivity index (χ0) is 23.3. The second-order valence-corrected chi connectivity index (χ2v) is 8.98. The van der Waals surface area contributed by atoms with E-state index >= 15 is 0 Å². The molecule has 0 radical (unpaired) electrons. The molecule has 160 valence electrons. The Morgan fingerprint density at radius 1 is 1.03 bits per heavy atom. The second-order valence-electron chi connectivity index (χ2n) is 8.13. The monoisotopic (exact) mass is 464 g/mol. The molecule has 5 unspecified atom stereocenters. The zero-order valence-corrected chi connectivity index (χ0v) is 18.8. The molecule has 6 nitrogen and oxygen atoms in total. The van der Waals surface area contributed by atoms with Crippen molar-refractivity contribution in [2.45, 2.75) is 31.7 Å². The van der Waals surface area contributed by atoms with Crippen molar-refractivity contribution in [3.05, 3.63) is 69.7 Å². The largest absolute Gasteiger partial charge is 0.443 e. The van der Waals surface area contributed by atoms with E-state index in [0.717, 1.165) is 5.56 Å². The van der Waals surface area contributed by atoms with Crippen molar-refractivity contribution in [2.24, 2.45) is 16.7 Å². The van der Waals surface area contributed by atoms with E-state index in [1.807, 2.05) is 37.3 Å². The topological polar surface area (TPSA) is 114 Å². The maximum Gasteiger partial charge on any atom is 0.245 e. The van der Waals surface area contributed by atoms with Crippen molar-refractivity contribution in [3.63, 3.8) is 0 Å². The van der Waals surface area contributed by atoms with Crippen LogP contribution in [-0.2, 0) is 15.3 Å². The fraction of sp³-hybridized carbons (Fsp3) is 0.333. The van der Waals surface area contributed by atoms with E-state index in [1.165, 1.54) is 6.07 Å².